The van der Waals surface area contributed by atoms with E-state index in [1.54, 1.807) is 30.3 Å². The molecule has 2 heterocycles. The highest BCUT2D eigenvalue weighted by atomic mass is 32.2. The van der Waals surface area contributed by atoms with Gasteiger partial charge in [-0.1, -0.05) is 18.2 Å². The maximum absolute atomic E-state index is 12.9. The molecule has 1 N–H and O–H groups in total. The van der Waals surface area contributed by atoms with Crippen LogP contribution in [0.3, 0.4) is 0 Å². The summed E-state index contributed by atoms with van der Waals surface area (Å²) in [7, 11) is -3.61. The predicted octanol–water partition coefficient (Wildman–Crippen LogP) is 3.54. The summed E-state index contributed by atoms with van der Waals surface area (Å²) in [6.07, 6.45) is 5.30. The van der Waals surface area contributed by atoms with Crippen LogP contribution in [0.4, 0.5) is 5.00 Å². The van der Waals surface area contributed by atoms with E-state index in [-0.39, 0.29) is 17.3 Å². The topological polar surface area (TPSA) is 90.3 Å². The van der Waals surface area contributed by atoms with Crippen LogP contribution in [0.2, 0.25) is 0 Å². The molecule has 4 rings (SSSR count). The molecule has 1 aromatic carbocycles. The molecule has 1 aliphatic heterocycles. The number of nitrogens with zero attached hydrogens (tertiary/aromatic N) is 2. The van der Waals surface area contributed by atoms with Crippen molar-refractivity contribution < 1.29 is 13.2 Å². The fourth-order valence-electron chi connectivity index (χ4n) is 4.10. The highest BCUT2D eigenvalue weighted by Crippen LogP contribution is 2.38. The van der Waals surface area contributed by atoms with Crippen LogP contribution in [0.25, 0.3) is 0 Å². The lowest BCUT2D eigenvalue weighted by molar-refractivity contribution is -0.120. The van der Waals surface area contributed by atoms with Gasteiger partial charge in [0.05, 0.1) is 16.4 Å². The van der Waals surface area contributed by atoms with Crippen LogP contribution >= 0.6 is 11.3 Å². The zero-order chi connectivity index (χ0) is 20.4. The Hall–Kier alpha value is -2.21. The SMILES string of the molecule is N#Cc1c(NC(=O)C2CCCN(S(=O)(=O)c3ccccc3)C2)sc2c1CCCC2. The fourth-order valence-corrected chi connectivity index (χ4v) is 6.89. The van der Waals surface area contributed by atoms with Gasteiger partial charge in [0.15, 0.2) is 0 Å². The predicted molar refractivity (Wildman–Crippen MR) is 112 cm³/mol. The maximum atomic E-state index is 12.9. The minimum absolute atomic E-state index is 0.163. The molecule has 1 saturated heterocycles. The molecule has 0 spiro atoms. The van der Waals surface area contributed by atoms with Crippen molar-refractivity contribution in [2.45, 2.75) is 43.4 Å². The Balaban J connectivity index is 1.50. The Labute approximate surface area is 175 Å². The van der Waals surface area contributed by atoms with Crippen molar-refractivity contribution in [3.63, 3.8) is 0 Å². The highest BCUT2D eigenvalue weighted by molar-refractivity contribution is 7.89. The number of nitrogens with one attached hydrogen (secondary N) is 1. The second-order valence-corrected chi connectivity index (χ2v) is 10.6. The molecule has 1 aromatic heterocycles. The number of carbonyl (C=O) groups is 1. The number of anilines is 1. The third-order valence-electron chi connectivity index (χ3n) is 5.66. The molecule has 0 saturated carbocycles. The summed E-state index contributed by atoms with van der Waals surface area (Å²) in [4.78, 5) is 14.4. The summed E-state index contributed by atoms with van der Waals surface area (Å²) < 4.78 is 27.2. The third-order valence-corrected chi connectivity index (χ3v) is 8.74. The number of rotatable bonds is 4. The summed E-state index contributed by atoms with van der Waals surface area (Å²) in [6.45, 7) is 0.577. The Kier molecular flexibility index (Phi) is 5.72. The van der Waals surface area contributed by atoms with E-state index < -0.39 is 15.9 Å². The van der Waals surface area contributed by atoms with Gasteiger partial charge in [0.25, 0.3) is 0 Å². The van der Waals surface area contributed by atoms with Crippen molar-refractivity contribution in [2.75, 3.05) is 18.4 Å². The molecule has 1 atom stereocenters. The number of sulfonamides is 1. The minimum Gasteiger partial charge on any atom is -0.316 e. The van der Waals surface area contributed by atoms with Gasteiger partial charge in [-0.2, -0.15) is 9.57 Å². The van der Waals surface area contributed by atoms with Crippen LogP contribution in [-0.4, -0.2) is 31.7 Å². The third kappa shape index (κ3) is 3.95. The number of piperidine rings is 1. The normalized spacial score (nSPS) is 19.9. The first kappa shape index (κ1) is 20.1. The van der Waals surface area contributed by atoms with Crippen molar-refractivity contribution in [3.05, 3.63) is 46.3 Å². The van der Waals surface area contributed by atoms with E-state index in [0.29, 0.717) is 30.0 Å². The fraction of sp³-hybridized carbons (Fsp3) is 0.429. The molecule has 1 amide bonds. The first-order valence-electron chi connectivity index (χ1n) is 9.91. The van der Waals surface area contributed by atoms with Gasteiger partial charge >= 0.3 is 0 Å². The van der Waals surface area contributed by atoms with Crippen LogP contribution in [0.5, 0.6) is 0 Å². The Morgan fingerprint density at radius 3 is 2.69 bits per heavy atom. The summed E-state index contributed by atoms with van der Waals surface area (Å²) in [5.41, 5.74) is 1.67. The Morgan fingerprint density at radius 2 is 1.93 bits per heavy atom. The second kappa shape index (κ2) is 8.27. The lowest BCUT2D eigenvalue weighted by Gasteiger charge is -2.31. The van der Waals surface area contributed by atoms with E-state index in [1.165, 1.54) is 20.5 Å². The van der Waals surface area contributed by atoms with Gasteiger partial charge in [-0.05, 0) is 56.2 Å². The molecule has 6 nitrogen and oxygen atoms in total. The van der Waals surface area contributed by atoms with E-state index in [1.807, 2.05) is 0 Å². The first-order chi connectivity index (χ1) is 14.0. The molecule has 8 heteroatoms. The van der Waals surface area contributed by atoms with Crippen LogP contribution in [0.15, 0.2) is 35.2 Å². The molecule has 29 heavy (non-hydrogen) atoms. The van der Waals surface area contributed by atoms with Gasteiger partial charge in [0, 0.05) is 18.0 Å². The molecule has 2 aromatic rings. The van der Waals surface area contributed by atoms with Crippen molar-refractivity contribution in [2.24, 2.45) is 5.92 Å². The van der Waals surface area contributed by atoms with Crippen molar-refractivity contribution in [3.8, 4) is 6.07 Å². The number of amides is 1. The van der Waals surface area contributed by atoms with E-state index in [0.717, 1.165) is 31.2 Å². The maximum Gasteiger partial charge on any atom is 0.243 e. The van der Waals surface area contributed by atoms with E-state index in [9.17, 15) is 18.5 Å². The summed E-state index contributed by atoms with van der Waals surface area (Å²) in [6, 6.07) is 10.6. The number of thiophene rings is 1. The van der Waals surface area contributed by atoms with Gasteiger partial charge in [-0.3, -0.25) is 4.79 Å². The largest absolute Gasteiger partial charge is 0.316 e. The van der Waals surface area contributed by atoms with Crippen LogP contribution in [-0.2, 0) is 27.7 Å². The Bertz CT molecular complexity index is 1050. The summed E-state index contributed by atoms with van der Waals surface area (Å²) in [5.74, 6) is -0.624. The van der Waals surface area contributed by atoms with Crippen LogP contribution in [0, 0.1) is 17.2 Å². The van der Waals surface area contributed by atoms with Gasteiger partial charge in [-0.15, -0.1) is 11.3 Å². The molecule has 1 aliphatic carbocycles. The number of benzene rings is 1. The average Bonchev–Trinajstić information content (AvgIpc) is 3.11. The molecule has 1 unspecified atom stereocenters. The standard InChI is InChI=1S/C21H23N3O3S2/c22-13-18-17-10-4-5-11-19(17)28-21(18)23-20(25)15-7-6-12-24(14-15)29(26,27)16-8-2-1-3-9-16/h1-3,8-9,15H,4-7,10-12,14H2,(H,23,25). The summed E-state index contributed by atoms with van der Waals surface area (Å²) >= 11 is 1.50. The molecule has 2 aliphatic rings. The number of fused-ring (bicyclic) bond motifs is 1. The smallest absolute Gasteiger partial charge is 0.243 e. The average molecular weight is 430 g/mol. The van der Waals surface area contributed by atoms with Gasteiger partial charge in [0.1, 0.15) is 11.1 Å². The van der Waals surface area contributed by atoms with Crippen molar-refractivity contribution in [1.82, 2.24) is 4.31 Å². The number of hydrogen-bond donors (Lipinski definition) is 1. The summed E-state index contributed by atoms with van der Waals surface area (Å²) in [5, 5.41) is 13.1. The molecule has 0 bridgehead atoms. The van der Waals surface area contributed by atoms with E-state index in [2.05, 4.69) is 11.4 Å². The van der Waals surface area contributed by atoms with Crippen molar-refractivity contribution >= 4 is 32.3 Å². The second-order valence-electron chi connectivity index (χ2n) is 7.53. The first-order valence-corrected chi connectivity index (χ1v) is 12.2. The van der Waals surface area contributed by atoms with Gasteiger partial charge < -0.3 is 5.32 Å². The van der Waals surface area contributed by atoms with Gasteiger partial charge in [0.2, 0.25) is 15.9 Å². The lowest BCUT2D eigenvalue weighted by atomic mass is 9.96. The molecule has 1 fully saturated rings. The number of carbonyl (C=O) groups excluding carboxylic acids is 1. The highest BCUT2D eigenvalue weighted by Gasteiger charge is 2.34. The molecular formula is C21H23N3O3S2. The van der Waals surface area contributed by atoms with E-state index >= 15 is 0 Å². The number of nitriles is 1. The lowest BCUT2D eigenvalue weighted by Crippen LogP contribution is -2.43. The Morgan fingerprint density at radius 1 is 1.17 bits per heavy atom. The number of hydrogen-bond acceptors (Lipinski definition) is 5. The van der Waals surface area contributed by atoms with Crippen molar-refractivity contribution in [1.29, 1.82) is 5.26 Å². The molecule has 152 valence electrons. The quantitative estimate of drug-likeness (QED) is 0.805. The van der Waals surface area contributed by atoms with Crippen LogP contribution in [0.1, 0.15) is 41.7 Å². The van der Waals surface area contributed by atoms with Gasteiger partial charge in [-0.25, -0.2) is 8.42 Å². The molecular weight excluding hydrogens is 406 g/mol. The molecule has 0 radical (unpaired) electrons. The zero-order valence-corrected chi connectivity index (χ0v) is 17.7. The minimum atomic E-state index is -3.61. The number of aryl methyl sites for hydroxylation is 1. The van der Waals surface area contributed by atoms with E-state index in [4.69, 9.17) is 0 Å². The van der Waals surface area contributed by atoms with Crippen LogP contribution < -0.4 is 5.32 Å². The zero-order valence-electron chi connectivity index (χ0n) is 16.1. The monoisotopic (exact) mass is 429 g/mol.